The molecule has 0 unspecified atom stereocenters. The van der Waals surface area contributed by atoms with Gasteiger partial charge < -0.3 is 24.4 Å². The molecule has 1 aliphatic heterocycles. The summed E-state index contributed by atoms with van der Waals surface area (Å²) in [5.74, 6) is -0.262. The highest BCUT2D eigenvalue weighted by atomic mass is 16.5. The average Bonchev–Trinajstić information content (AvgIpc) is 3.57. The summed E-state index contributed by atoms with van der Waals surface area (Å²) in [5.41, 5.74) is 5.18. The highest BCUT2D eigenvalue weighted by Gasteiger charge is 2.45. The van der Waals surface area contributed by atoms with E-state index in [4.69, 9.17) is 9.72 Å². The molecule has 5 aromatic rings. The fourth-order valence-electron chi connectivity index (χ4n) is 8.29. The van der Waals surface area contributed by atoms with E-state index in [2.05, 4.69) is 103 Å². The van der Waals surface area contributed by atoms with Crippen molar-refractivity contribution in [1.82, 2.24) is 24.7 Å². The number of rotatable bonds is 14. The van der Waals surface area contributed by atoms with Crippen LogP contribution in [-0.4, -0.2) is 69.0 Å². The van der Waals surface area contributed by atoms with E-state index in [9.17, 15) is 9.59 Å². The molecule has 4 aromatic carbocycles. The van der Waals surface area contributed by atoms with Crippen molar-refractivity contribution in [3.05, 3.63) is 161 Å². The largest absolute Gasteiger partial charge is 0.467 e. The van der Waals surface area contributed by atoms with E-state index in [1.165, 1.54) is 7.11 Å². The molecule has 6 rings (SSSR count). The molecular weight excluding hydrogens is 699 g/mol. The summed E-state index contributed by atoms with van der Waals surface area (Å²) in [4.78, 5) is 50.8. The first-order valence-corrected chi connectivity index (χ1v) is 19.7. The van der Waals surface area contributed by atoms with Crippen molar-refractivity contribution in [2.45, 2.75) is 84.1 Å². The standard InChI is InChI=1S/C47H55N5O4/c1-33(2)27-40-30-51(46(55)49-41(28-34(3)4)45(54)56-6)43(29-36-19-11-7-12-20-36)44(53)50(40)31-42-35(5)52(32-48-42)47(37-21-13-8-14-22-37,38-23-15-9-16-24-38)39-25-17-10-18-26-39/h7-26,32-34,40-41,43H,27-31H2,1-6H3,(H,49,55)/t40-,41-,43-/m0/s1. The SMILES string of the molecule is COC(=O)[C@H](CC(C)C)NC(=O)N1C[C@H](CC(C)C)N(Cc2ncn(C(c3ccccc3)(c3ccccc3)c3ccccc3)c2C)C(=O)[C@@H]1Cc1ccccc1. The van der Waals surface area contributed by atoms with Crippen molar-refractivity contribution in [3.8, 4) is 0 Å². The summed E-state index contributed by atoms with van der Waals surface area (Å²) in [6.07, 6.45) is 3.34. The number of hydrogen-bond donors (Lipinski definition) is 1. The maximum absolute atomic E-state index is 15.1. The number of piperazine rings is 1. The van der Waals surface area contributed by atoms with Gasteiger partial charge in [-0.25, -0.2) is 14.6 Å². The number of hydrogen-bond acceptors (Lipinski definition) is 5. The fraction of sp³-hybridized carbons (Fsp3) is 0.362. The zero-order valence-electron chi connectivity index (χ0n) is 33.5. The topological polar surface area (TPSA) is 96.8 Å². The first kappa shape index (κ1) is 40.0. The molecule has 0 spiro atoms. The summed E-state index contributed by atoms with van der Waals surface area (Å²) in [6.45, 7) is 10.9. The number of urea groups is 1. The third-order valence-corrected chi connectivity index (χ3v) is 10.9. The van der Waals surface area contributed by atoms with Crippen LogP contribution in [0.15, 0.2) is 128 Å². The highest BCUT2D eigenvalue weighted by molar-refractivity contribution is 5.90. The first-order chi connectivity index (χ1) is 27.0. The lowest BCUT2D eigenvalue weighted by molar-refractivity contribution is -0.145. The van der Waals surface area contributed by atoms with E-state index >= 15 is 4.79 Å². The number of nitrogens with zero attached hydrogens (tertiary/aromatic N) is 4. The van der Waals surface area contributed by atoms with Gasteiger partial charge in [0, 0.05) is 18.7 Å². The molecule has 1 aliphatic rings. The molecule has 1 saturated heterocycles. The molecule has 3 amide bonds. The molecule has 2 heterocycles. The second kappa shape index (κ2) is 17.8. The molecule has 3 atom stereocenters. The number of ether oxygens (including phenoxy) is 1. The smallest absolute Gasteiger partial charge is 0.328 e. The van der Waals surface area contributed by atoms with Gasteiger partial charge >= 0.3 is 12.0 Å². The fourth-order valence-corrected chi connectivity index (χ4v) is 8.29. The number of carbonyl (C=O) groups excluding carboxylic acids is 3. The number of methoxy groups -OCH3 is 1. The Morgan fingerprint density at radius 2 is 1.32 bits per heavy atom. The molecule has 9 heteroatoms. The summed E-state index contributed by atoms with van der Waals surface area (Å²) < 4.78 is 7.31. The van der Waals surface area contributed by atoms with Crippen LogP contribution < -0.4 is 5.32 Å². The lowest BCUT2D eigenvalue weighted by Crippen LogP contribution is -2.66. The Hall–Kier alpha value is -5.70. The molecule has 0 radical (unpaired) electrons. The van der Waals surface area contributed by atoms with Gasteiger partial charge in [0.1, 0.15) is 17.6 Å². The number of nitrogens with one attached hydrogen (secondary N) is 1. The van der Waals surface area contributed by atoms with Crippen LogP contribution in [-0.2, 0) is 32.8 Å². The van der Waals surface area contributed by atoms with Gasteiger partial charge in [-0.05, 0) is 53.9 Å². The maximum Gasteiger partial charge on any atom is 0.328 e. The van der Waals surface area contributed by atoms with E-state index < -0.39 is 29.6 Å². The van der Waals surface area contributed by atoms with Gasteiger partial charge in [0.15, 0.2) is 0 Å². The Balaban J connectivity index is 1.42. The number of imidazole rings is 1. The first-order valence-electron chi connectivity index (χ1n) is 19.7. The van der Waals surface area contributed by atoms with E-state index in [0.29, 0.717) is 25.8 Å². The maximum atomic E-state index is 15.1. The molecule has 56 heavy (non-hydrogen) atoms. The molecule has 1 N–H and O–H groups in total. The summed E-state index contributed by atoms with van der Waals surface area (Å²) in [6, 6.07) is 38.9. The van der Waals surface area contributed by atoms with Crippen molar-refractivity contribution < 1.29 is 19.1 Å². The summed E-state index contributed by atoms with van der Waals surface area (Å²) in [7, 11) is 1.33. The number of amides is 3. The van der Waals surface area contributed by atoms with E-state index in [1.807, 2.05) is 73.6 Å². The Morgan fingerprint density at radius 1 is 0.804 bits per heavy atom. The predicted molar refractivity (Wildman–Crippen MR) is 220 cm³/mol. The molecule has 292 valence electrons. The lowest BCUT2D eigenvalue weighted by atomic mass is 9.76. The van der Waals surface area contributed by atoms with Gasteiger partial charge in [0.05, 0.1) is 31.7 Å². The number of benzene rings is 4. The van der Waals surface area contributed by atoms with Crippen molar-refractivity contribution >= 4 is 17.9 Å². The Kier molecular flexibility index (Phi) is 12.7. The highest BCUT2D eigenvalue weighted by Crippen LogP contribution is 2.42. The molecule has 0 aliphatic carbocycles. The van der Waals surface area contributed by atoms with Crippen molar-refractivity contribution in [3.63, 3.8) is 0 Å². The van der Waals surface area contributed by atoms with Gasteiger partial charge in [0.25, 0.3) is 0 Å². The molecule has 0 bridgehead atoms. The van der Waals surface area contributed by atoms with Gasteiger partial charge in [-0.15, -0.1) is 0 Å². The third kappa shape index (κ3) is 8.42. The van der Waals surface area contributed by atoms with E-state index in [0.717, 1.165) is 33.6 Å². The van der Waals surface area contributed by atoms with Crippen LogP contribution in [0.4, 0.5) is 4.79 Å². The lowest BCUT2D eigenvalue weighted by Gasteiger charge is -2.46. The van der Waals surface area contributed by atoms with E-state index in [1.54, 1.807) is 4.90 Å². The predicted octanol–water partition coefficient (Wildman–Crippen LogP) is 8.00. The third-order valence-electron chi connectivity index (χ3n) is 10.9. The van der Waals surface area contributed by atoms with Crippen LogP contribution in [0.25, 0.3) is 0 Å². The van der Waals surface area contributed by atoms with Gasteiger partial charge in [-0.1, -0.05) is 149 Å². The van der Waals surface area contributed by atoms with Crippen LogP contribution in [0, 0.1) is 18.8 Å². The Labute approximate surface area is 331 Å². The zero-order valence-corrected chi connectivity index (χ0v) is 33.5. The van der Waals surface area contributed by atoms with Crippen LogP contribution in [0.2, 0.25) is 0 Å². The second-order valence-corrected chi connectivity index (χ2v) is 15.7. The van der Waals surface area contributed by atoms with Gasteiger partial charge in [0.2, 0.25) is 5.91 Å². The average molecular weight is 754 g/mol. The van der Waals surface area contributed by atoms with Crippen LogP contribution >= 0.6 is 0 Å². The van der Waals surface area contributed by atoms with Crippen LogP contribution in [0.5, 0.6) is 0 Å². The molecule has 0 saturated carbocycles. The Bertz CT molecular complexity index is 1950. The summed E-state index contributed by atoms with van der Waals surface area (Å²) >= 11 is 0. The number of carbonyl (C=O) groups is 3. The van der Waals surface area contributed by atoms with Crippen LogP contribution in [0.1, 0.15) is 74.2 Å². The second-order valence-electron chi connectivity index (χ2n) is 15.7. The van der Waals surface area contributed by atoms with Crippen molar-refractivity contribution in [1.29, 1.82) is 0 Å². The molecule has 1 fully saturated rings. The quantitative estimate of drug-likeness (QED) is 0.0917. The van der Waals surface area contributed by atoms with Gasteiger partial charge in [-0.2, -0.15) is 0 Å². The molecular formula is C47H55N5O4. The monoisotopic (exact) mass is 753 g/mol. The zero-order chi connectivity index (χ0) is 39.8. The van der Waals surface area contributed by atoms with Crippen LogP contribution in [0.3, 0.4) is 0 Å². The minimum atomic E-state index is -0.827. The normalized spacial score (nSPS) is 16.6. The minimum absolute atomic E-state index is 0.138. The number of esters is 1. The number of aromatic nitrogens is 2. The minimum Gasteiger partial charge on any atom is -0.467 e. The Morgan fingerprint density at radius 3 is 1.80 bits per heavy atom. The van der Waals surface area contributed by atoms with Crippen molar-refractivity contribution in [2.75, 3.05) is 13.7 Å². The van der Waals surface area contributed by atoms with E-state index in [-0.39, 0.29) is 30.3 Å². The van der Waals surface area contributed by atoms with Crippen molar-refractivity contribution in [2.24, 2.45) is 11.8 Å². The molecule has 1 aromatic heterocycles. The summed E-state index contributed by atoms with van der Waals surface area (Å²) in [5, 5.41) is 2.95. The van der Waals surface area contributed by atoms with Gasteiger partial charge in [-0.3, -0.25) is 4.79 Å². The molecule has 9 nitrogen and oxygen atoms in total.